The summed E-state index contributed by atoms with van der Waals surface area (Å²) in [7, 11) is 0. The number of rotatable bonds is 5. The van der Waals surface area contributed by atoms with Gasteiger partial charge in [-0.15, -0.1) is 0 Å². The molecule has 0 amide bonds. The van der Waals surface area contributed by atoms with Crippen LogP contribution in [0.1, 0.15) is 0 Å². The summed E-state index contributed by atoms with van der Waals surface area (Å²) in [6, 6.07) is 43.4. The minimum Gasteiger partial charge on any atom is -0.208 e. The average Bonchev–Trinajstić information content (AvgIpc) is 3.05. The standard InChI is InChI=1S/C37H23F2N3/c38-31-19-15-27(16-20-31)36-40-35(41-37(42-36)28-17-21-32(39)22-18-28)26-13-11-24(12-14-26)29-7-3-8-30(23-29)34-10-4-6-25-5-1-2-9-33(25)34/h1-23H. The number of hydrogen-bond donors (Lipinski definition) is 0. The zero-order valence-electron chi connectivity index (χ0n) is 22.4. The fraction of sp³-hybridized carbons (Fsp3) is 0. The molecule has 1 heterocycles. The molecule has 0 saturated carbocycles. The van der Waals surface area contributed by atoms with Crippen molar-refractivity contribution in [2.45, 2.75) is 0 Å². The summed E-state index contributed by atoms with van der Waals surface area (Å²) >= 11 is 0. The Bertz CT molecular complexity index is 1970. The second kappa shape index (κ2) is 10.8. The number of benzene rings is 6. The van der Waals surface area contributed by atoms with Crippen LogP contribution in [0.2, 0.25) is 0 Å². The second-order valence-electron chi connectivity index (χ2n) is 10.0. The molecule has 6 aromatic carbocycles. The number of halogens is 2. The maximum absolute atomic E-state index is 13.6. The highest BCUT2D eigenvalue weighted by atomic mass is 19.1. The molecule has 0 N–H and O–H groups in total. The van der Waals surface area contributed by atoms with Crippen molar-refractivity contribution in [3.05, 3.63) is 151 Å². The summed E-state index contributed by atoms with van der Waals surface area (Å²) in [4.78, 5) is 14.0. The Morgan fingerprint density at radius 1 is 0.357 bits per heavy atom. The van der Waals surface area contributed by atoms with Crippen LogP contribution in [0.5, 0.6) is 0 Å². The van der Waals surface area contributed by atoms with Gasteiger partial charge in [0.25, 0.3) is 0 Å². The molecule has 0 atom stereocenters. The van der Waals surface area contributed by atoms with E-state index in [2.05, 4.69) is 83.8 Å². The summed E-state index contributed by atoms with van der Waals surface area (Å²) < 4.78 is 27.2. The lowest BCUT2D eigenvalue weighted by Crippen LogP contribution is -2.00. The van der Waals surface area contributed by atoms with Gasteiger partial charge in [-0.3, -0.25) is 0 Å². The van der Waals surface area contributed by atoms with E-state index in [0.717, 1.165) is 22.3 Å². The van der Waals surface area contributed by atoms with Gasteiger partial charge in [0, 0.05) is 16.7 Å². The maximum Gasteiger partial charge on any atom is 0.164 e. The van der Waals surface area contributed by atoms with Crippen molar-refractivity contribution in [2.75, 3.05) is 0 Å². The van der Waals surface area contributed by atoms with Crippen LogP contribution in [0.4, 0.5) is 8.78 Å². The molecule has 0 aliphatic heterocycles. The first kappa shape index (κ1) is 25.4. The molecule has 7 aromatic rings. The van der Waals surface area contributed by atoms with Gasteiger partial charge >= 0.3 is 0 Å². The SMILES string of the molecule is Fc1ccc(-c2nc(-c3ccc(F)cc3)nc(-c3ccc(-c4cccc(-c5cccc6ccccc56)c4)cc3)n2)cc1. The molecule has 5 heteroatoms. The third kappa shape index (κ3) is 5.04. The second-order valence-corrected chi connectivity index (χ2v) is 10.0. The Morgan fingerprint density at radius 3 is 1.40 bits per heavy atom. The van der Waals surface area contributed by atoms with E-state index in [1.165, 1.54) is 40.6 Å². The van der Waals surface area contributed by atoms with E-state index in [4.69, 9.17) is 9.97 Å². The van der Waals surface area contributed by atoms with Gasteiger partial charge in [-0.25, -0.2) is 23.7 Å². The van der Waals surface area contributed by atoms with Crippen LogP contribution in [0, 0.1) is 11.6 Å². The van der Waals surface area contributed by atoms with Gasteiger partial charge < -0.3 is 0 Å². The summed E-state index contributed by atoms with van der Waals surface area (Å²) in [5.74, 6) is 0.607. The van der Waals surface area contributed by atoms with Crippen molar-refractivity contribution in [1.82, 2.24) is 15.0 Å². The number of aromatic nitrogens is 3. The molecule has 0 saturated heterocycles. The Kier molecular flexibility index (Phi) is 6.53. The third-order valence-corrected chi connectivity index (χ3v) is 7.28. The van der Waals surface area contributed by atoms with Crippen LogP contribution in [-0.4, -0.2) is 15.0 Å². The Labute approximate surface area is 241 Å². The monoisotopic (exact) mass is 547 g/mol. The van der Waals surface area contributed by atoms with Crippen LogP contribution in [-0.2, 0) is 0 Å². The van der Waals surface area contributed by atoms with E-state index in [1.807, 2.05) is 12.1 Å². The van der Waals surface area contributed by atoms with Crippen molar-refractivity contribution < 1.29 is 8.78 Å². The first-order chi connectivity index (χ1) is 20.6. The minimum absolute atomic E-state index is 0.341. The van der Waals surface area contributed by atoms with Crippen LogP contribution >= 0.6 is 0 Å². The molecule has 1 aromatic heterocycles. The van der Waals surface area contributed by atoms with Gasteiger partial charge in [-0.1, -0.05) is 84.9 Å². The molecule has 3 nitrogen and oxygen atoms in total. The fourth-order valence-electron chi connectivity index (χ4n) is 5.12. The molecule has 200 valence electrons. The van der Waals surface area contributed by atoms with Gasteiger partial charge in [0.1, 0.15) is 11.6 Å². The predicted molar refractivity (Wildman–Crippen MR) is 164 cm³/mol. The molecule has 0 radical (unpaired) electrons. The smallest absolute Gasteiger partial charge is 0.164 e. The van der Waals surface area contributed by atoms with Gasteiger partial charge in [-0.2, -0.15) is 0 Å². The fourth-order valence-corrected chi connectivity index (χ4v) is 5.12. The summed E-state index contributed by atoms with van der Waals surface area (Å²) in [6.07, 6.45) is 0. The van der Waals surface area contributed by atoms with Crippen LogP contribution in [0.15, 0.2) is 140 Å². The molecule has 7 rings (SSSR count). The van der Waals surface area contributed by atoms with Crippen molar-refractivity contribution in [1.29, 1.82) is 0 Å². The van der Waals surface area contributed by atoms with E-state index in [1.54, 1.807) is 24.3 Å². The van der Waals surface area contributed by atoms with Crippen molar-refractivity contribution >= 4 is 10.8 Å². The van der Waals surface area contributed by atoms with Gasteiger partial charge in [0.2, 0.25) is 0 Å². The molecular formula is C37H23F2N3. The zero-order chi connectivity index (χ0) is 28.5. The maximum atomic E-state index is 13.6. The Balaban J connectivity index is 1.27. The molecule has 0 aliphatic rings. The molecule has 0 fully saturated rings. The van der Waals surface area contributed by atoms with E-state index in [0.29, 0.717) is 28.6 Å². The quantitative estimate of drug-likeness (QED) is 0.215. The lowest BCUT2D eigenvalue weighted by Gasteiger charge is -2.11. The van der Waals surface area contributed by atoms with Crippen LogP contribution < -0.4 is 0 Å². The van der Waals surface area contributed by atoms with Crippen LogP contribution in [0.25, 0.3) is 67.2 Å². The van der Waals surface area contributed by atoms with E-state index >= 15 is 0 Å². The summed E-state index contributed by atoms with van der Waals surface area (Å²) in [5, 5.41) is 2.43. The Morgan fingerprint density at radius 2 is 0.810 bits per heavy atom. The first-order valence-electron chi connectivity index (χ1n) is 13.6. The normalized spacial score (nSPS) is 11.1. The molecule has 0 aliphatic carbocycles. The van der Waals surface area contributed by atoms with E-state index < -0.39 is 0 Å². The van der Waals surface area contributed by atoms with Crippen LogP contribution in [0.3, 0.4) is 0 Å². The average molecular weight is 548 g/mol. The Hall–Kier alpha value is -5.55. The molecule has 0 unspecified atom stereocenters. The summed E-state index contributed by atoms with van der Waals surface area (Å²) in [6.45, 7) is 0. The molecule has 0 bridgehead atoms. The largest absolute Gasteiger partial charge is 0.208 e. The highest BCUT2D eigenvalue weighted by Gasteiger charge is 2.13. The molecule has 42 heavy (non-hydrogen) atoms. The third-order valence-electron chi connectivity index (χ3n) is 7.28. The van der Waals surface area contributed by atoms with Crippen molar-refractivity contribution in [2.24, 2.45) is 0 Å². The van der Waals surface area contributed by atoms with E-state index in [-0.39, 0.29) is 11.6 Å². The highest BCUT2D eigenvalue weighted by molar-refractivity contribution is 5.97. The lowest BCUT2D eigenvalue weighted by molar-refractivity contribution is 0.627. The first-order valence-corrected chi connectivity index (χ1v) is 13.6. The number of nitrogens with zero attached hydrogens (tertiary/aromatic N) is 3. The molecule has 0 spiro atoms. The van der Waals surface area contributed by atoms with Gasteiger partial charge in [0.15, 0.2) is 17.5 Å². The van der Waals surface area contributed by atoms with Crippen molar-refractivity contribution in [3.8, 4) is 56.4 Å². The number of fused-ring (bicyclic) bond motifs is 1. The summed E-state index contributed by atoms with van der Waals surface area (Å²) in [5.41, 5.74) is 6.62. The topological polar surface area (TPSA) is 38.7 Å². The highest BCUT2D eigenvalue weighted by Crippen LogP contribution is 2.32. The minimum atomic E-state index is -0.341. The predicted octanol–water partition coefficient (Wildman–Crippen LogP) is 9.64. The zero-order valence-corrected chi connectivity index (χ0v) is 22.4. The molecular weight excluding hydrogens is 524 g/mol. The van der Waals surface area contributed by atoms with Gasteiger partial charge in [-0.05, 0) is 87.6 Å². The van der Waals surface area contributed by atoms with E-state index in [9.17, 15) is 8.78 Å². The van der Waals surface area contributed by atoms with Gasteiger partial charge in [0.05, 0.1) is 0 Å². The number of hydrogen-bond acceptors (Lipinski definition) is 3. The lowest BCUT2D eigenvalue weighted by atomic mass is 9.95. The van der Waals surface area contributed by atoms with Crippen molar-refractivity contribution in [3.63, 3.8) is 0 Å².